The molecule has 0 radical (unpaired) electrons. The van der Waals surface area contributed by atoms with E-state index in [0.29, 0.717) is 5.82 Å². The highest BCUT2D eigenvalue weighted by atomic mass is 16.3. The van der Waals surface area contributed by atoms with Crippen molar-refractivity contribution in [2.24, 2.45) is 0 Å². The van der Waals surface area contributed by atoms with Crippen LogP contribution in [-0.2, 0) is 5.41 Å². The van der Waals surface area contributed by atoms with Gasteiger partial charge in [-0.2, -0.15) is 0 Å². The summed E-state index contributed by atoms with van der Waals surface area (Å²) < 4.78 is 9.11. The van der Waals surface area contributed by atoms with Gasteiger partial charge >= 0.3 is 0 Å². The van der Waals surface area contributed by atoms with Gasteiger partial charge in [0.15, 0.2) is 5.82 Å². The van der Waals surface area contributed by atoms with E-state index >= 15 is 0 Å². The lowest BCUT2D eigenvalue weighted by atomic mass is 9.82. The number of hydrogen-bond donors (Lipinski definition) is 0. The molecule has 3 heterocycles. The molecular weight excluding hydrogens is 791 g/mol. The zero-order valence-corrected chi connectivity index (χ0v) is 36.0. The molecule has 0 amide bonds. The van der Waals surface area contributed by atoms with Crippen LogP contribution in [0, 0.1) is 0 Å². The van der Waals surface area contributed by atoms with Crippen molar-refractivity contribution in [3.8, 4) is 73.0 Å². The first-order valence-electron chi connectivity index (χ1n) is 22.3. The second-order valence-electron chi connectivity index (χ2n) is 17.8. The van der Waals surface area contributed by atoms with Crippen LogP contribution in [0.15, 0.2) is 217 Å². The van der Waals surface area contributed by atoms with E-state index in [0.717, 1.165) is 78.0 Å². The lowest BCUT2D eigenvalue weighted by Gasteiger charge is -2.21. The van der Waals surface area contributed by atoms with Crippen LogP contribution in [0.1, 0.15) is 25.0 Å². The molecule has 65 heavy (non-hydrogen) atoms. The van der Waals surface area contributed by atoms with Crippen LogP contribution >= 0.6 is 0 Å². The highest BCUT2D eigenvalue weighted by Crippen LogP contribution is 2.51. The minimum absolute atomic E-state index is 0.125. The molecule has 0 bridgehead atoms. The maximum Gasteiger partial charge on any atom is 0.161 e. The van der Waals surface area contributed by atoms with E-state index in [4.69, 9.17) is 14.4 Å². The van der Waals surface area contributed by atoms with E-state index in [2.05, 4.69) is 231 Å². The van der Waals surface area contributed by atoms with Crippen molar-refractivity contribution < 1.29 is 4.42 Å². The van der Waals surface area contributed by atoms with E-state index in [1.807, 2.05) is 0 Å². The summed E-state index contributed by atoms with van der Waals surface area (Å²) in [5.41, 5.74) is 19.5. The third kappa shape index (κ3) is 5.91. The topological polar surface area (TPSA) is 43.9 Å². The summed E-state index contributed by atoms with van der Waals surface area (Å²) >= 11 is 0. The highest BCUT2D eigenvalue weighted by molar-refractivity contribution is 6.14. The molecule has 0 fully saturated rings. The third-order valence-electron chi connectivity index (χ3n) is 13.6. The van der Waals surface area contributed by atoms with E-state index in [1.54, 1.807) is 0 Å². The SMILES string of the molecule is CC1(C)c2ccccc2-c2cc3c4ccccc4n(-c4ccc5oc6cccc(-c7nc(-c8cccc(-c9ccccc9)c8)cc(-c8cccc(-c9ccccc9)c8)n7)c6c5c4)c3cc21. The fourth-order valence-electron chi connectivity index (χ4n) is 10.4. The molecule has 4 heteroatoms. The fourth-order valence-corrected chi connectivity index (χ4v) is 10.4. The number of fused-ring (bicyclic) bond motifs is 9. The Labute approximate surface area is 376 Å². The summed E-state index contributed by atoms with van der Waals surface area (Å²) in [6, 6.07) is 75.8. The van der Waals surface area contributed by atoms with Gasteiger partial charge in [-0.1, -0.05) is 166 Å². The molecule has 9 aromatic carbocycles. The van der Waals surface area contributed by atoms with Gasteiger partial charge in [0.25, 0.3) is 0 Å². The summed E-state index contributed by atoms with van der Waals surface area (Å²) in [5, 5.41) is 4.48. The van der Waals surface area contributed by atoms with E-state index < -0.39 is 0 Å². The Hall–Kier alpha value is -8.34. The van der Waals surface area contributed by atoms with Gasteiger partial charge in [0.1, 0.15) is 11.2 Å². The first-order chi connectivity index (χ1) is 32.0. The van der Waals surface area contributed by atoms with Gasteiger partial charge in [-0.15, -0.1) is 0 Å². The lowest BCUT2D eigenvalue weighted by Crippen LogP contribution is -2.14. The fraction of sp³-hybridized carbons (Fsp3) is 0.0492. The number of aromatic nitrogens is 3. The van der Waals surface area contributed by atoms with Crippen molar-refractivity contribution in [2.45, 2.75) is 19.3 Å². The molecule has 0 saturated heterocycles. The molecule has 0 unspecified atom stereocenters. The molecule has 0 spiro atoms. The number of rotatable bonds is 6. The van der Waals surface area contributed by atoms with Crippen molar-refractivity contribution in [3.63, 3.8) is 0 Å². The van der Waals surface area contributed by atoms with Gasteiger partial charge in [0.2, 0.25) is 0 Å². The lowest BCUT2D eigenvalue weighted by molar-refractivity contribution is 0.661. The Morgan fingerprint density at radius 2 is 0.985 bits per heavy atom. The molecular formula is C61H41N3O. The third-order valence-corrected chi connectivity index (χ3v) is 13.6. The van der Waals surface area contributed by atoms with Gasteiger partial charge in [-0.25, -0.2) is 9.97 Å². The molecule has 0 aliphatic heterocycles. The molecule has 1 aliphatic carbocycles. The number of hydrogen-bond acceptors (Lipinski definition) is 3. The molecule has 0 N–H and O–H groups in total. The second-order valence-corrected chi connectivity index (χ2v) is 17.8. The van der Waals surface area contributed by atoms with E-state index in [-0.39, 0.29) is 5.41 Å². The smallest absolute Gasteiger partial charge is 0.161 e. The summed E-state index contributed by atoms with van der Waals surface area (Å²) in [7, 11) is 0. The zero-order chi connectivity index (χ0) is 43.2. The van der Waals surface area contributed by atoms with E-state index in [9.17, 15) is 0 Å². The van der Waals surface area contributed by atoms with Gasteiger partial charge in [0, 0.05) is 49.3 Å². The van der Waals surface area contributed by atoms with Crippen LogP contribution in [0.2, 0.25) is 0 Å². The predicted molar refractivity (Wildman–Crippen MR) is 268 cm³/mol. The molecule has 306 valence electrons. The maximum atomic E-state index is 6.68. The Balaban J connectivity index is 1.02. The largest absolute Gasteiger partial charge is 0.456 e. The van der Waals surface area contributed by atoms with Gasteiger partial charge in [-0.05, 0) is 105 Å². The highest BCUT2D eigenvalue weighted by Gasteiger charge is 2.36. The Kier molecular flexibility index (Phi) is 8.22. The summed E-state index contributed by atoms with van der Waals surface area (Å²) in [6.07, 6.45) is 0. The van der Waals surface area contributed by atoms with Crippen molar-refractivity contribution in [2.75, 3.05) is 0 Å². The Bertz CT molecular complexity index is 3760. The number of nitrogens with zero attached hydrogens (tertiary/aromatic N) is 3. The number of furan rings is 1. The molecule has 12 aromatic rings. The predicted octanol–water partition coefficient (Wildman–Crippen LogP) is 16.1. The van der Waals surface area contributed by atoms with Crippen LogP contribution in [0.4, 0.5) is 0 Å². The average molecular weight is 832 g/mol. The summed E-state index contributed by atoms with van der Waals surface area (Å²) in [5.74, 6) is 0.639. The molecule has 3 aromatic heterocycles. The molecule has 4 nitrogen and oxygen atoms in total. The van der Waals surface area contributed by atoms with Gasteiger partial charge in [-0.3, -0.25) is 0 Å². The van der Waals surface area contributed by atoms with Crippen LogP contribution in [-0.4, -0.2) is 14.5 Å². The standard InChI is InChI=1S/C61H41N3O/c1-61(2)51-27-11-9-24-45(51)48-35-49-46-25-10-12-28-55(46)64(56(49)36-52(48)61)44-30-31-57-50(34-44)59-47(26-15-29-58(59)65-57)60-62-53(42-22-13-20-40(32-42)38-16-5-3-6-17-38)37-54(63-60)43-23-14-21-41(33-43)39-18-7-4-8-19-39/h3-37H,1-2H3. The van der Waals surface area contributed by atoms with Crippen LogP contribution in [0.5, 0.6) is 0 Å². The summed E-state index contributed by atoms with van der Waals surface area (Å²) in [6.45, 7) is 4.70. The average Bonchev–Trinajstić information content (AvgIpc) is 3.98. The van der Waals surface area contributed by atoms with Crippen molar-refractivity contribution in [1.82, 2.24) is 14.5 Å². The van der Waals surface area contributed by atoms with Crippen LogP contribution in [0.3, 0.4) is 0 Å². The first-order valence-corrected chi connectivity index (χ1v) is 22.3. The molecule has 1 aliphatic rings. The monoisotopic (exact) mass is 831 g/mol. The number of benzene rings is 9. The minimum Gasteiger partial charge on any atom is -0.456 e. The Morgan fingerprint density at radius 3 is 1.71 bits per heavy atom. The number of para-hydroxylation sites is 1. The van der Waals surface area contributed by atoms with Gasteiger partial charge in [0.05, 0.1) is 22.4 Å². The van der Waals surface area contributed by atoms with Crippen LogP contribution < -0.4 is 0 Å². The molecule has 0 saturated carbocycles. The normalized spacial score (nSPS) is 12.9. The summed E-state index contributed by atoms with van der Waals surface area (Å²) in [4.78, 5) is 10.8. The van der Waals surface area contributed by atoms with Crippen molar-refractivity contribution >= 4 is 43.7 Å². The quantitative estimate of drug-likeness (QED) is 0.168. The van der Waals surface area contributed by atoms with E-state index in [1.165, 1.54) is 44.1 Å². The molecule has 0 atom stereocenters. The van der Waals surface area contributed by atoms with Crippen molar-refractivity contribution in [3.05, 3.63) is 223 Å². The molecule has 13 rings (SSSR count). The minimum atomic E-state index is -0.125. The Morgan fingerprint density at radius 1 is 0.385 bits per heavy atom. The second kappa shape index (κ2) is 14.3. The first kappa shape index (κ1) is 37.2. The zero-order valence-electron chi connectivity index (χ0n) is 36.0. The van der Waals surface area contributed by atoms with Crippen LogP contribution in [0.25, 0.3) is 117 Å². The maximum absolute atomic E-state index is 6.68. The van der Waals surface area contributed by atoms with Gasteiger partial charge < -0.3 is 8.98 Å². The van der Waals surface area contributed by atoms with Crippen molar-refractivity contribution in [1.29, 1.82) is 0 Å².